The first-order chi connectivity index (χ1) is 7.75. The van der Waals surface area contributed by atoms with Gasteiger partial charge in [-0.2, -0.15) is 0 Å². The topological polar surface area (TPSA) is 21.3 Å². The van der Waals surface area contributed by atoms with Gasteiger partial charge in [0, 0.05) is 12.6 Å². The maximum atomic E-state index is 5.41. The van der Waals surface area contributed by atoms with Crippen molar-refractivity contribution in [1.82, 2.24) is 5.32 Å². The van der Waals surface area contributed by atoms with Crippen molar-refractivity contribution in [3.05, 3.63) is 41.0 Å². The Morgan fingerprint density at radius 1 is 1.38 bits per heavy atom. The molecule has 1 aromatic carbocycles. The van der Waals surface area contributed by atoms with E-state index in [-0.39, 0.29) is 0 Å². The Bertz CT molecular complexity index is 378. The number of rotatable bonds is 2. The summed E-state index contributed by atoms with van der Waals surface area (Å²) in [6.45, 7) is 6.82. The number of ether oxygens (including phenoxy) is 1. The van der Waals surface area contributed by atoms with Gasteiger partial charge in [0.05, 0.1) is 13.2 Å². The fraction of sp³-hybridized carbons (Fsp3) is 0.429. The highest BCUT2D eigenvalue weighted by atomic mass is 16.5. The maximum Gasteiger partial charge on any atom is 0.0656 e. The summed E-state index contributed by atoms with van der Waals surface area (Å²) in [5.74, 6) is 0. The van der Waals surface area contributed by atoms with Gasteiger partial charge >= 0.3 is 0 Å². The highest BCUT2D eigenvalue weighted by Gasteiger charge is 2.08. The number of hydrogen-bond acceptors (Lipinski definition) is 2. The Hall–Kier alpha value is -1.12. The SMILES string of the molecule is Cc1ccc(C)c(/C=C/C2COCCN2)c1. The third-order valence-corrected chi connectivity index (χ3v) is 2.89. The summed E-state index contributed by atoms with van der Waals surface area (Å²) < 4.78 is 5.41. The van der Waals surface area contributed by atoms with Crippen molar-refractivity contribution in [2.45, 2.75) is 19.9 Å². The molecule has 0 aliphatic carbocycles. The van der Waals surface area contributed by atoms with Crippen LogP contribution in [0.5, 0.6) is 0 Å². The van der Waals surface area contributed by atoms with Crippen LogP contribution in [0.2, 0.25) is 0 Å². The van der Waals surface area contributed by atoms with E-state index < -0.39 is 0 Å². The van der Waals surface area contributed by atoms with Crippen molar-refractivity contribution in [3.63, 3.8) is 0 Å². The molecule has 86 valence electrons. The zero-order valence-electron chi connectivity index (χ0n) is 9.99. The molecule has 1 N–H and O–H groups in total. The van der Waals surface area contributed by atoms with E-state index in [0.29, 0.717) is 6.04 Å². The molecule has 0 radical (unpaired) electrons. The smallest absolute Gasteiger partial charge is 0.0656 e. The minimum Gasteiger partial charge on any atom is -0.378 e. The van der Waals surface area contributed by atoms with Gasteiger partial charge in [-0.05, 0) is 25.0 Å². The van der Waals surface area contributed by atoms with Crippen LogP contribution < -0.4 is 5.32 Å². The highest BCUT2D eigenvalue weighted by molar-refractivity contribution is 5.55. The monoisotopic (exact) mass is 217 g/mol. The lowest BCUT2D eigenvalue weighted by atomic mass is 10.0. The van der Waals surface area contributed by atoms with E-state index >= 15 is 0 Å². The van der Waals surface area contributed by atoms with Gasteiger partial charge in [-0.3, -0.25) is 0 Å². The second-order valence-corrected chi connectivity index (χ2v) is 4.35. The molecule has 1 aliphatic rings. The number of morpholine rings is 1. The molecule has 1 fully saturated rings. The van der Waals surface area contributed by atoms with Crippen LogP contribution in [0.25, 0.3) is 6.08 Å². The number of hydrogen-bond donors (Lipinski definition) is 1. The van der Waals surface area contributed by atoms with E-state index in [1.165, 1.54) is 16.7 Å². The van der Waals surface area contributed by atoms with Gasteiger partial charge < -0.3 is 10.1 Å². The molecule has 2 rings (SSSR count). The Balaban J connectivity index is 2.07. The van der Waals surface area contributed by atoms with Crippen LogP contribution in [0.3, 0.4) is 0 Å². The summed E-state index contributed by atoms with van der Waals surface area (Å²) in [6, 6.07) is 6.89. The van der Waals surface area contributed by atoms with Gasteiger partial charge in [0.15, 0.2) is 0 Å². The predicted molar refractivity (Wildman–Crippen MR) is 67.6 cm³/mol. The first-order valence-electron chi connectivity index (χ1n) is 5.82. The first kappa shape index (κ1) is 11.4. The van der Waals surface area contributed by atoms with Gasteiger partial charge in [0.25, 0.3) is 0 Å². The summed E-state index contributed by atoms with van der Waals surface area (Å²) in [4.78, 5) is 0. The molecular weight excluding hydrogens is 198 g/mol. The standard InChI is InChI=1S/C14H19NO/c1-11-3-4-12(2)13(9-11)5-6-14-10-16-8-7-15-14/h3-6,9,14-15H,7-8,10H2,1-2H3/b6-5+. The Morgan fingerprint density at radius 2 is 2.25 bits per heavy atom. The lowest BCUT2D eigenvalue weighted by Crippen LogP contribution is -2.39. The average molecular weight is 217 g/mol. The Morgan fingerprint density at radius 3 is 3.00 bits per heavy atom. The molecule has 1 heterocycles. The van der Waals surface area contributed by atoms with E-state index in [9.17, 15) is 0 Å². The third-order valence-electron chi connectivity index (χ3n) is 2.89. The molecule has 16 heavy (non-hydrogen) atoms. The Kier molecular flexibility index (Phi) is 3.75. The molecule has 0 bridgehead atoms. The lowest BCUT2D eigenvalue weighted by Gasteiger charge is -2.20. The summed E-state index contributed by atoms with van der Waals surface area (Å²) in [7, 11) is 0. The van der Waals surface area contributed by atoms with Crippen molar-refractivity contribution >= 4 is 6.08 Å². The molecule has 0 saturated carbocycles. The van der Waals surface area contributed by atoms with Crippen LogP contribution in [0.1, 0.15) is 16.7 Å². The minimum atomic E-state index is 0.355. The van der Waals surface area contributed by atoms with Crippen LogP contribution >= 0.6 is 0 Å². The average Bonchev–Trinajstić information content (AvgIpc) is 2.32. The second kappa shape index (κ2) is 5.28. The Labute approximate surface area is 97.3 Å². The number of benzene rings is 1. The van der Waals surface area contributed by atoms with Crippen molar-refractivity contribution in [2.24, 2.45) is 0 Å². The minimum absolute atomic E-state index is 0.355. The highest BCUT2D eigenvalue weighted by Crippen LogP contribution is 2.13. The molecule has 0 aromatic heterocycles. The molecule has 1 saturated heterocycles. The van der Waals surface area contributed by atoms with E-state index in [4.69, 9.17) is 4.74 Å². The second-order valence-electron chi connectivity index (χ2n) is 4.35. The zero-order chi connectivity index (χ0) is 11.4. The van der Waals surface area contributed by atoms with Crippen molar-refractivity contribution in [2.75, 3.05) is 19.8 Å². The molecule has 0 amide bonds. The largest absolute Gasteiger partial charge is 0.378 e. The van der Waals surface area contributed by atoms with Crippen LogP contribution in [-0.4, -0.2) is 25.8 Å². The zero-order valence-corrected chi connectivity index (χ0v) is 9.99. The summed E-state index contributed by atoms with van der Waals surface area (Å²) >= 11 is 0. The van der Waals surface area contributed by atoms with Gasteiger partial charge in [0.1, 0.15) is 0 Å². The van der Waals surface area contributed by atoms with Crippen LogP contribution in [0.4, 0.5) is 0 Å². The van der Waals surface area contributed by atoms with E-state index in [0.717, 1.165) is 19.8 Å². The normalized spacial score (nSPS) is 21.5. The summed E-state index contributed by atoms with van der Waals surface area (Å²) in [5, 5.41) is 3.41. The van der Waals surface area contributed by atoms with Crippen molar-refractivity contribution < 1.29 is 4.74 Å². The third kappa shape index (κ3) is 2.94. The van der Waals surface area contributed by atoms with Gasteiger partial charge in [-0.25, -0.2) is 0 Å². The fourth-order valence-electron chi connectivity index (χ4n) is 1.87. The van der Waals surface area contributed by atoms with Crippen molar-refractivity contribution in [3.8, 4) is 0 Å². The summed E-state index contributed by atoms with van der Waals surface area (Å²) in [5.41, 5.74) is 3.92. The molecule has 1 aliphatic heterocycles. The van der Waals surface area contributed by atoms with E-state index in [2.05, 4.69) is 49.5 Å². The van der Waals surface area contributed by atoms with Crippen molar-refractivity contribution in [1.29, 1.82) is 0 Å². The fourth-order valence-corrected chi connectivity index (χ4v) is 1.87. The van der Waals surface area contributed by atoms with E-state index in [1.807, 2.05) is 0 Å². The molecular formula is C14H19NO. The lowest BCUT2D eigenvalue weighted by molar-refractivity contribution is 0.0903. The van der Waals surface area contributed by atoms with Crippen LogP contribution in [0.15, 0.2) is 24.3 Å². The number of nitrogens with one attached hydrogen (secondary N) is 1. The molecule has 1 atom stereocenters. The molecule has 1 aromatic rings. The molecule has 2 nitrogen and oxygen atoms in total. The molecule has 0 spiro atoms. The quantitative estimate of drug-likeness (QED) is 0.820. The van der Waals surface area contributed by atoms with E-state index in [1.54, 1.807) is 0 Å². The predicted octanol–water partition coefficient (Wildman–Crippen LogP) is 2.31. The van der Waals surface area contributed by atoms with Crippen LogP contribution in [0, 0.1) is 13.8 Å². The van der Waals surface area contributed by atoms with Crippen LogP contribution in [-0.2, 0) is 4.74 Å². The van der Waals surface area contributed by atoms with Gasteiger partial charge in [-0.15, -0.1) is 0 Å². The van der Waals surface area contributed by atoms with Gasteiger partial charge in [-0.1, -0.05) is 35.9 Å². The molecule has 2 heteroatoms. The summed E-state index contributed by atoms with van der Waals surface area (Å²) in [6.07, 6.45) is 4.38. The molecule has 1 unspecified atom stereocenters. The first-order valence-corrected chi connectivity index (χ1v) is 5.82. The van der Waals surface area contributed by atoms with Gasteiger partial charge in [0.2, 0.25) is 0 Å². The number of aryl methyl sites for hydroxylation is 2. The maximum absolute atomic E-state index is 5.41.